The lowest BCUT2D eigenvalue weighted by Gasteiger charge is -2.24. The first-order valence-electron chi connectivity index (χ1n) is 7.77. The zero-order valence-corrected chi connectivity index (χ0v) is 17.3. The minimum absolute atomic E-state index is 0. The van der Waals surface area contributed by atoms with E-state index in [0.717, 1.165) is 0 Å². The number of nitrogens with zero attached hydrogens (tertiary/aromatic N) is 3. The molecule has 0 aliphatic heterocycles. The summed E-state index contributed by atoms with van der Waals surface area (Å²) in [6, 6.07) is 6.12. The summed E-state index contributed by atoms with van der Waals surface area (Å²) >= 11 is 0. The van der Waals surface area contributed by atoms with Crippen molar-refractivity contribution in [1.82, 2.24) is 15.1 Å². The summed E-state index contributed by atoms with van der Waals surface area (Å²) in [6.07, 6.45) is -4.21. The minimum Gasteiger partial charge on any atom is -0.489 e. The molecule has 0 bridgehead atoms. The van der Waals surface area contributed by atoms with E-state index >= 15 is 0 Å². The van der Waals surface area contributed by atoms with Crippen molar-refractivity contribution in [3.63, 3.8) is 0 Å². The fourth-order valence-corrected chi connectivity index (χ4v) is 2.09. The van der Waals surface area contributed by atoms with Crippen LogP contribution < -0.4 is 10.1 Å². The number of halogens is 5. The summed E-state index contributed by atoms with van der Waals surface area (Å²) in [4.78, 5) is 7.00. The van der Waals surface area contributed by atoms with Crippen LogP contribution in [0, 0.1) is 5.82 Å². The third kappa shape index (κ3) is 10.00. The number of para-hydroxylation sites is 1. The highest BCUT2D eigenvalue weighted by Gasteiger charge is 2.28. The molecule has 0 radical (unpaired) electrons. The van der Waals surface area contributed by atoms with Crippen LogP contribution in [0.1, 0.15) is 0 Å². The van der Waals surface area contributed by atoms with Crippen LogP contribution in [0.4, 0.5) is 17.6 Å². The molecule has 5 nitrogen and oxygen atoms in total. The van der Waals surface area contributed by atoms with Gasteiger partial charge in [-0.2, -0.15) is 13.2 Å². The van der Waals surface area contributed by atoms with E-state index < -0.39 is 18.5 Å². The van der Waals surface area contributed by atoms with E-state index in [1.807, 2.05) is 0 Å². The molecular formula is C16H25F4IN4O. The van der Waals surface area contributed by atoms with Gasteiger partial charge in [0.1, 0.15) is 6.61 Å². The fourth-order valence-electron chi connectivity index (χ4n) is 2.09. The maximum absolute atomic E-state index is 13.4. The molecule has 1 aromatic rings. The quantitative estimate of drug-likeness (QED) is 0.263. The number of likely N-dealkylation sites (N-methyl/N-ethyl adjacent to an activating group) is 2. The second kappa shape index (κ2) is 12.2. The molecule has 10 heteroatoms. The zero-order chi connectivity index (χ0) is 18.9. The Hall–Kier alpha value is -1.30. The van der Waals surface area contributed by atoms with Gasteiger partial charge in [-0.25, -0.2) is 4.39 Å². The standard InChI is InChI=1S/C16H24F4N4O.HI/c1-21-15(22-8-9-23(2)12-16(18,19)20)24(3)10-11-25-14-7-5-4-6-13(14)17;/h4-7H,8-12H2,1-3H3,(H,21,22);1H. The van der Waals surface area contributed by atoms with E-state index in [0.29, 0.717) is 19.0 Å². The van der Waals surface area contributed by atoms with Gasteiger partial charge >= 0.3 is 6.18 Å². The number of ether oxygens (including phenoxy) is 1. The van der Waals surface area contributed by atoms with Crippen molar-refractivity contribution in [3.8, 4) is 5.75 Å². The Morgan fingerprint density at radius 2 is 1.85 bits per heavy atom. The van der Waals surface area contributed by atoms with Crippen LogP contribution in [0.5, 0.6) is 5.75 Å². The van der Waals surface area contributed by atoms with Gasteiger partial charge in [-0.1, -0.05) is 12.1 Å². The lowest BCUT2D eigenvalue weighted by molar-refractivity contribution is -0.142. The first-order valence-corrected chi connectivity index (χ1v) is 7.77. The molecule has 0 spiro atoms. The molecule has 26 heavy (non-hydrogen) atoms. The highest BCUT2D eigenvalue weighted by atomic mass is 127. The van der Waals surface area contributed by atoms with Gasteiger partial charge in [0.05, 0.1) is 13.1 Å². The monoisotopic (exact) mass is 492 g/mol. The molecular weight excluding hydrogens is 467 g/mol. The van der Waals surface area contributed by atoms with Gasteiger partial charge in [-0.05, 0) is 19.2 Å². The van der Waals surface area contributed by atoms with E-state index in [9.17, 15) is 17.6 Å². The second-order valence-electron chi connectivity index (χ2n) is 5.53. The first-order chi connectivity index (χ1) is 11.7. The van der Waals surface area contributed by atoms with Gasteiger partial charge < -0.3 is 15.0 Å². The molecule has 1 rings (SSSR count). The van der Waals surface area contributed by atoms with Crippen molar-refractivity contribution in [2.24, 2.45) is 4.99 Å². The normalized spacial score (nSPS) is 11.9. The highest BCUT2D eigenvalue weighted by molar-refractivity contribution is 14.0. The van der Waals surface area contributed by atoms with E-state index in [1.165, 1.54) is 18.0 Å². The summed E-state index contributed by atoms with van der Waals surface area (Å²) in [5, 5.41) is 2.98. The molecule has 1 aromatic carbocycles. The maximum atomic E-state index is 13.4. The topological polar surface area (TPSA) is 40.1 Å². The lowest BCUT2D eigenvalue weighted by Crippen LogP contribution is -2.44. The maximum Gasteiger partial charge on any atom is 0.401 e. The number of alkyl halides is 3. The molecule has 0 fully saturated rings. The lowest BCUT2D eigenvalue weighted by atomic mass is 10.3. The van der Waals surface area contributed by atoms with Crippen molar-refractivity contribution in [1.29, 1.82) is 0 Å². The first kappa shape index (κ1) is 24.7. The molecule has 0 amide bonds. The van der Waals surface area contributed by atoms with Gasteiger partial charge in [0.2, 0.25) is 0 Å². The number of nitrogens with one attached hydrogen (secondary N) is 1. The van der Waals surface area contributed by atoms with E-state index in [-0.39, 0.29) is 42.9 Å². The molecule has 0 saturated carbocycles. The number of aliphatic imine (C=N–C) groups is 1. The van der Waals surface area contributed by atoms with Crippen molar-refractivity contribution >= 4 is 29.9 Å². The number of benzene rings is 1. The molecule has 0 aromatic heterocycles. The minimum atomic E-state index is -4.21. The molecule has 0 heterocycles. The van der Waals surface area contributed by atoms with Crippen molar-refractivity contribution in [2.45, 2.75) is 6.18 Å². The molecule has 0 atom stereocenters. The van der Waals surface area contributed by atoms with Crippen LogP contribution in [0.3, 0.4) is 0 Å². The third-order valence-electron chi connectivity index (χ3n) is 3.32. The predicted octanol–water partition coefficient (Wildman–Crippen LogP) is 2.82. The third-order valence-corrected chi connectivity index (χ3v) is 3.32. The van der Waals surface area contributed by atoms with Gasteiger partial charge in [0.15, 0.2) is 17.5 Å². The van der Waals surface area contributed by atoms with Crippen molar-refractivity contribution < 1.29 is 22.3 Å². The SMILES string of the molecule is CN=C(NCCN(C)CC(F)(F)F)N(C)CCOc1ccccc1F.I. The van der Waals surface area contributed by atoms with Gasteiger partial charge in [-0.3, -0.25) is 9.89 Å². The Morgan fingerprint density at radius 1 is 1.19 bits per heavy atom. The summed E-state index contributed by atoms with van der Waals surface area (Å²) in [5.41, 5.74) is 0. The molecule has 0 saturated heterocycles. The number of hydrogen-bond donors (Lipinski definition) is 1. The Labute approximate surface area is 168 Å². The largest absolute Gasteiger partial charge is 0.489 e. The molecule has 150 valence electrons. The molecule has 0 aliphatic rings. The van der Waals surface area contributed by atoms with Crippen LogP contribution in [-0.2, 0) is 0 Å². The zero-order valence-electron chi connectivity index (χ0n) is 15.0. The number of guanidine groups is 1. The summed E-state index contributed by atoms with van der Waals surface area (Å²) in [6.45, 7) is 0.258. The number of rotatable bonds is 8. The van der Waals surface area contributed by atoms with Crippen LogP contribution in [-0.4, -0.2) is 75.9 Å². The summed E-state index contributed by atoms with van der Waals surface area (Å²) < 4.78 is 55.6. The van der Waals surface area contributed by atoms with Crippen molar-refractivity contribution in [3.05, 3.63) is 30.1 Å². The Kier molecular flexibility index (Phi) is 11.5. The summed E-state index contributed by atoms with van der Waals surface area (Å²) in [7, 11) is 4.75. The predicted molar refractivity (Wildman–Crippen MR) is 105 cm³/mol. The Bertz CT molecular complexity index is 557. The molecule has 0 unspecified atom stereocenters. The molecule has 1 N–H and O–H groups in total. The smallest absolute Gasteiger partial charge is 0.401 e. The van der Waals surface area contributed by atoms with Crippen LogP contribution in [0.15, 0.2) is 29.3 Å². The average Bonchev–Trinajstić information content (AvgIpc) is 2.51. The summed E-state index contributed by atoms with van der Waals surface area (Å²) in [5.74, 6) is 0.269. The molecule has 0 aliphatic carbocycles. The van der Waals surface area contributed by atoms with Crippen molar-refractivity contribution in [2.75, 3.05) is 53.9 Å². The second-order valence-corrected chi connectivity index (χ2v) is 5.53. The van der Waals surface area contributed by atoms with Crippen LogP contribution >= 0.6 is 24.0 Å². The van der Waals surface area contributed by atoms with Crippen LogP contribution in [0.2, 0.25) is 0 Å². The van der Waals surface area contributed by atoms with Gasteiger partial charge in [-0.15, -0.1) is 24.0 Å². The number of hydrogen-bond acceptors (Lipinski definition) is 3. The average molecular weight is 492 g/mol. The van der Waals surface area contributed by atoms with E-state index in [1.54, 1.807) is 37.2 Å². The van der Waals surface area contributed by atoms with Crippen LogP contribution in [0.25, 0.3) is 0 Å². The van der Waals surface area contributed by atoms with E-state index in [4.69, 9.17) is 4.74 Å². The Balaban J connectivity index is 0.00000625. The highest BCUT2D eigenvalue weighted by Crippen LogP contribution is 2.15. The van der Waals surface area contributed by atoms with Gasteiger partial charge in [0.25, 0.3) is 0 Å². The fraction of sp³-hybridized carbons (Fsp3) is 0.562. The van der Waals surface area contributed by atoms with E-state index in [2.05, 4.69) is 10.3 Å². The van der Waals surface area contributed by atoms with Gasteiger partial charge in [0, 0.05) is 27.2 Å². The Morgan fingerprint density at radius 3 is 2.42 bits per heavy atom.